The number of aryl methyl sites for hydroxylation is 1. The van der Waals surface area contributed by atoms with Crippen LogP contribution in [-0.2, 0) is 13.6 Å². The molecular formula is C18H23N7. The Labute approximate surface area is 146 Å². The lowest BCUT2D eigenvalue weighted by Crippen LogP contribution is -2.46. The number of piperazine rings is 1. The molecule has 1 saturated heterocycles. The van der Waals surface area contributed by atoms with E-state index < -0.39 is 0 Å². The van der Waals surface area contributed by atoms with Crippen LogP contribution in [-0.4, -0.2) is 55.2 Å². The maximum Gasteiger partial charge on any atom is 0.140 e. The highest BCUT2D eigenvalue weighted by Crippen LogP contribution is 2.39. The average molecular weight is 337 g/mol. The Morgan fingerprint density at radius 1 is 1.08 bits per heavy atom. The maximum atomic E-state index is 4.74. The Morgan fingerprint density at radius 2 is 1.92 bits per heavy atom. The molecule has 1 saturated carbocycles. The van der Waals surface area contributed by atoms with Crippen LogP contribution in [0.3, 0.4) is 0 Å². The van der Waals surface area contributed by atoms with Crippen molar-refractivity contribution in [1.82, 2.24) is 29.0 Å². The second-order valence-corrected chi connectivity index (χ2v) is 7.16. The fourth-order valence-electron chi connectivity index (χ4n) is 3.59. The van der Waals surface area contributed by atoms with E-state index in [0.29, 0.717) is 5.92 Å². The molecule has 0 amide bonds. The van der Waals surface area contributed by atoms with Crippen LogP contribution in [0.5, 0.6) is 0 Å². The van der Waals surface area contributed by atoms with Crippen molar-refractivity contribution in [2.75, 3.05) is 31.1 Å². The Morgan fingerprint density at radius 3 is 2.64 bits per heavy atom. The predicted octanol–water partition coefficient (Wildman–Crippen LogP) is 1.66. The van der Waals surface area contributed by atoms with E-state index in [1.165, 1.54) is 24.2 Å². The van der Waals surface area contributed by atoms with Gasteiger partial charge in [-0.15, -0.1) is 0 Å². The lowest BCUT2D eigenvalue weighted by Gasteiger charge is -2.35. The molecule has 7 nitrogen and oxygen atoms in total. The van der Waals surface area contributed by atoms with Crippen LogP contribution in [0.15, 0.2) is 30.9 Å². The summed E-state index contributed by atoms with van der Waals surface area (Å²) in [4.78, 5) is 14.0. The van der Waals surface area contributed by atoms with Gasteiger partial charge >= 0.3 is 0 Å². The first kappa shape index (κ1) is 14.9. The van der Waals surface area contributed by atoms with E-state index in [0.717, 1.165) is 44.2 Å². The van der Waals surface area contributed by atoms with Gasteiger partial charge in [0, 0.05) is 51.5 Å². The standard InChI is InChI=1S/C18H23N7/c1-22-18(19-13-20-22)12-23-6-8-24(9-7-23)15-4-5-17-21-16(14-2-3-14)11-25(17)10-15/h4-5,10-11,13-14H,2-3,6-9,12H2,1H3. The highest BCUT2D eigenvalue weighted by atomic mass is 15.3. The van der Waals surface area contributed by atoms with Crippen LogP contribution in [0.4, 0.5) is 5.69 Å². The van der Waals surface area contributed by atoms with E-state index in [2.05, 4.69) is 48.8 Å². The van der Waals surface area contributed by atoms with Gasteiger partial charge in [0.2, 0.25) is 0 Å². The number of rotatable bonds is 4. The molecule has 0 unspecified atom stereocenters. The molecule has 2 fully saturated rings. The van der Waals surface area contributed by atoms with Crippen LogP contribution in [0.25, 0.3) is 5.65 Å². The molecule has 0 radical (unpaired) electrons. The molecule has 4 heterocycles. The molecule has 25 heavy (non-hydrogen) atoms. The number of imidazole rings is 1. The summed E-state index contributed by atoms with van der Waals surface area (Å²) in [5.74, 6) is 1.73. The summed E-state index contributed by atoms with van der Waals surface area (Å²) < 4.78 is 4.05. The molecule has 0 bridgehead atoms. The van der Waals surface area contributed by atoms with E-state index in [1.807, 2.05) is 11.7 Å². The second-order valence-electron chi connectivity index (χ2n) is 7.16. The van der Waals surface area contributed by atoms with Crippen LogP contribution >= 0.6 is 0 Å². The lowest BCUT2D eigenvalue weighted by molar-refractivity contribution is 0.240. The van der Waals surface area contributed by atoms with Gasteiger partial charge in [-0.2, -0.15) is 5.10 Å². The van der Waals surface area contributed by atoms with Crippen LogP contribution in [0, 0.1) is 0 Å². The summed E-state index contributed by atoms with van der Waals surface area (Å²) >= 11 is 0. The Kier molecular flexibility index (Phi) is 3.48. The zero-order valence-electron chi connectivity index (χ0n) is 14.5. The Hall–Kier alpha value is -2.41. The van der Waals surface area contributed by atoms with Crippen molar-refractivity contribution in [2.45, 2.75) is 25.3 Å². The summed E-state index contributed by atoms with van der Waals surface area (Å²) in [6.07, 6.45) is 8.66. The highest BCUT2D eigenvalue weighted by molar-refractivity contribution is 5.53. The van der Waals surface area contributed by atoms with Crippen molar-refractivity contribution in [3.63, 3.8) is 0 Å². The molecule has 130 valence electrons. The smallest absolute Gasteiger partial charge is 0.140 e. The third kappa shape index (κ3) is 2.89. The highest BCUT2D eigenvalue weighted by Gasteiger charge is 2.26. The molecule has 7 heteroatoms. The average Bonchev–Trinajstić information content (AvgIpc) is 3.28. The van der Waals surface area contributed by atoms with Crippen molar-refractivity contribution < 1.29 is 0 Å². The second kappa shape index (κ2) is 5.84. The molecule has 1 aliphatic heterocycles. The van der Waals surface area contributed by atoms with Gasteiger partial charge in [0.15, 0.2) is 0 Å². The normalized spacial score (nSPS) is 19.0. The van der Waals surface area contributed by atoms with Crippen LogP contribution in [0.2, 0.25) is 0 Å². The van der Waals surface area contributed by atoms with Gasteiger partial charge in [-0.3, -0.25) is 9.58 Å². The largest absolute Gasteiger partial charge is 0.368 e. The summed E-state index contributed by atoms with van der Waals surface area (Å²) in [6, 6.07) is 4.35. The molecule has 0 atom stereocenters. The van der Waals surface area contributed by atoms with Crippen LogP contribution in [0.1, 0.15) is 30.3 Å². The molecule has 0 spiro atoms. The van der Waals surface area contributed by atoms with E-state index in [-0.39, 0.29) is 0 Å². The summed E-state index contributed by atoms with van der Waals surface area (Å²) in [7, 11) is 1.95. The molecule has 3 aromatic heterocycles. The van der Waals surface area contributed by atoms with Crippen molar-refractivity contribution in [1.29, 1.82) is 0 Å². The molecule has 3 aromatic rings. The molecule has 0 aromatic carbocycles. The number of aromatic nitrogens is 5. The third-order valence-electron chi connectivity index (χ3n) is 5.36. The topological polar surface area (TPSA) is 54.5 Å². The van der Waals surface area contributed by atoms with Crippen molar-refractivity contribution in [2.24, 2.45) is 7.05 Å². The van der Waals surface area contributed by atoms with Crippen LogP contribution < -0.4 is 4.90 Å². The third-order valence-corrected chi connectivity index (χ3v) is 5.36. The van der Waals surface area contributed by atoms with Gasteiger partial charge < -0.3 is 9.30 Å². The number of hydrogen-bond donors (Lipinski definition) is 0. The molecule has 1 aliphatic carbocycles. The van der Waals surface area contributed by atoms with Gasteiger partial charge in [-0.05, 0) is 25.0 Å². The quantitative estimate of drug-likeness (QED) is 0.725. The van der Waals surface area contributed by atoms with Gasteiger partial charge in [0.05, 0.1) is 17.9 Å². The van der Waals surface area contributed by atoms with E-state index in [4.69, 9.17) is 4.98 Å². The maximum absolute atomic E-state index is 4.74. The number of pyridine rings is 1. The fraction of sp³-hybridized carbons (Fsp3) is 0.500. The Balaban J connectivity index is 1.27. The monoisotopic (exact) mass is 337 g/mol. The number of nitrogens with zero attached hydrogens (tertiary/aromatic N) is 7. The van der Waals surface area contributed by atoms with Gasteiger partial charge in [-0.1, -0.05) is 0 Å². The first-order valence-corrected chi connectivity index (χ1v) is 9.05. The molecular weight excluding hydrogens is 314 g/mol. The van der Waals surface area contributed by atoms with E-state index in [1.54, 1.807) is 6.33 Å². The number of hydrogen-bond acceptors (Lipinski definition) is 5. The predicted molar refractivity (Wildman–Crippen MR) is 95.7 cm³/mol. The van der Waals surface area contributed by atoms with Gasteiger partial charge in [-0.25, -0.2) is 9.97 Å². The van der Waals surface area contributed by atoms with E-state index in [9.17, 15) is 0 Å². The fourth-order valence-corrected chi connectivity index (χ4v) is 3.59. The van der Waals surface area contributed by atoms with Crippen molar-refractivity contribution in [3.8, 4) is 0 Å². The lowest BCUT2D eigenvalue weighted by atomic mass is 10.2. The van der Waals surface area contributed by atoms with Gasteiger partial charge in [0.25, 0.3) is 0 Å². The molecule has 0 N–H and O–H groups in total. The minimum atomic E-state index is 0.701. The number of fused-ring (bicyclic) bond motifs is 1. The number of anilines is 1. The zero-order valence-corrected chi connectivity index (χ0v) is 14.5. The Bertz CT molecular complexity index is 884. The summed E-state index contributed by atoms with van der Waals surface area (Å²) in [5.41, 5.74) is 3.60. The first-order valence-electron chi connectivity index (χ1n) is 9.05. The minimum Gasteiger partial charge on any atom is -0.368 e. The minimum absolute atomic E-state index is 0.701. The SMILES string of the molecule is Cn1ncnc1CN1CCN(c2ccc3nc(C4CC4)cn3c2)CC1. The molecule has 5 rings (SSSR count). The molecule has 2 aliphatic rings. The van der Waals surface area contributed by atoms with Gasteiger partial charge in [0.1, 0.15) is 17.8 Å². The van der Waals surface area contributed by atoms with Crippen molar-refractivity contribution >= 4 is 11.3 Å². The summed E-state index contributed by atoms with van der Waals surface area (Å²) in [5, 5.41) is 4.15. The summed E-state index contributed by atoms with van der Waals surface area (Å²) in [6.45, 7) is 5.03. The van der Waals surface area contributed by atoms with E-state index >= 15 is 0 Å². The first-order chi connectivity index (χ1) is 12.3. The van der Waals surface area contributed by atoms with Crippen molar-refractivity contribution in [3.05, 3.63) is 42.4 Å². The zero-order chi connectivity index (χ0) is 16.8.